The lowest BCUT2D eigenvalue weighted by molar-refractivity contribution is 0.0438. The molecule has 2 rings (SSSR count). The van der Waals surface area contributed by atoms with Crippen LogP contribution in [0.1, 0.15) is 31.7 Å². The molecule has 0 amide bonds. The standard InChI is InChI=1S/C15H22FNO2/c1-2-9-19-13-6-4-8-17(10-13)15-12(11-18)5-3-7-14(15)16/h3,5,7,13,18H,2,4,6,8-11H2,1H3. The summed E-state index contributed by atoms with van der Waals surface area (Å²) in [6.07, 6.45) is 3.19. The fraction of sp³-hybridized carbons (Fsp3) is 0.600. The van der Waals surface area contributed by atoms with Gasteiger partial charge < -0.3 is 14.7 Å². The number of halogens is 1. The van der Waals surface area contributed by atoms with Crippen molar-refractivity contribution in [2.45, 2.75) is 38.9 Å². The second-order valence-corrected chi connectivity index (χ2v) is 4.99. The van der Waals surface area contributed by atoms with Crippen LogP contribution in [0.15, 0.2) is 18.2 Å². The molecule has 0 bridgehead atoms. The Balaban J connectivity index is 2.12. The summed E-state index contributed by atoms with van der Waals surface area (Å²) in [5, 5.41) is 9.36. The smallest absolute Gasteiger partial charge is 0.146 e. The van der Waals surface area contributed by atoms with Crippen LogP contribution in [-0.4, -0.2) is 30.9 Å². The highest BCUT2D eigenvalue weighted by Gasteiger charge is 2.24. The number of anilines is 1. The second kappa shape index (κ2) is 6.87. The van der Waals surface area contributed by atoms with Crippen LogP contribution < -0.4 is 4.90 Å². The number of hydrogen-bond donors (Lipinski definition) is 1. The molecule has 1 unspecified atom stereocenters. The molecule has 1 heterocycles. The van der Waals surface area contributed by atoms with Gasteiger partial charge in [0.2, 0.25) is 0 Å². The Kier molecular flexibility index (Phi) is 5.16. The Morgan fingerprint density at radius 3 is 3.05 bits per heavy atom. The van der Waals surface area contributed by atoms with Gasteiger partial charge in [0.05, 0.1) is 18.4 Å². The van der Waals surface area contributed by atoms with Crippen molar-refractivity contribution in [1.82, 2.24) is 0 Å². The zero-order valence-electron chi connectivity index (χ0n) is 11.4. The fourth-order valence-electron chi connectivity index (χ4n) is 2.60. The maximum absolute atomic E-state index is 14.0. The zero-order valence-corrected chi connectivity index (χ0v) is 11.4. The number of aliphatic hydroxyl groups is 1. The third-order valence-corrected chi connectivity index (χ3v) is 3.49. The first kappa shape index (κ1) is 14.3. The van der Waals surface area contributed by atoms with Gasteiger partial charge in [-0.1, -0.05) is 19.1 Å². The number of aliphatic hydroxyl groups excluding tert-OH is 1. The third kappa shape index (κ3) is 3.45. The van der Waals surface area contributed by atoms with Crippen molar-refractivity contribution in [3.05, 3.63) is 29.6 Å². The second-order valence-electron chi connectivity index (χ2n) is 4.99. The number of piperidine rings is 1. The van der Waals surface area contributed by atoms with Gasteiger partial charge in [0.25, 0.3) is 0 Å². The van der Waals surface area contributed by atoms with E-state index >= 15 is 0 Å². The summed E-state index contributed by atoms with van der Waals surface area (Å²) in [4.78, 5) is 2.00. The molecule has 1 atom stereocenters. The predicted octanol–water partition coefficient (Wildman–Crippen LogP) is 2.71. The average molecular weight is 267 g/mol. The van der Waals surface area contributed by atoms with Gasteiger partial charge in [0.15, 0.2) is 0 Å². The van der Waals surface area contributed by atoms with Gasteiger partial charge in [-0.2, -0.15) is 0 Å². The number of para-hydroxylation sites is 1. The van der Waals surface area contributed by atoms with E-state index < -0.39 is 0 Å². The number of nitrogens with zero attached hydrogens (tertiary/aromatic N) is 1. The number of ether oxygens (including phenoxy) is 1. The van der Waals surface area contributed by atoms with E-state index in [1.165, 1.54) is 6.07 Å². The summed E-state index contributed by atoms with van der Waals surface area (Å²) in [6, 6.07) is 4.86. The summed E-state index contributed by atoms with van der Waals surface area (Å²) in [6.45, 7) is 4.22. The monoisotopic (exact) mass is 267 g/mol. The molecule has 19 heavy (non-hydrogen) atoms. The minimum atomic E-state index is -0.261. The van der Waals surface area contributed by atoms with Gasteiger partial charge in [-0.25, -0.2) is 4.39 Å². The van der Waals surface area contributed by atoms with E-state index in [2.05, 4.69) is 6.92 Å². The van der Waals surface area contributed by atoms with E-state index in [1.54, 1.807) is 12.1 Å². The first-order valence-electron chi connectivity index (χ1n) is 7.01. The van der Waals surface area contributed by atoms with Crippen molar-refractivity contribution in [2.75, 3.05) is 24.6 Å². The van der Waals surface area contributed by atoms with Crippen LogP contribution in [-0.2, 0) is 11.3 Å². The molecular weight excluding hydrogens is 245 g/mol. The van der Waals surface area contributed by atoms with E-state index in [0.29, 0.717) is 17.8 Å². The molecule has 1 aromatic carbocycles. The minimum Gasteiger partial charge on any atom is -0.392 e. The lowest BCUT2D eigenvalue weighted by Crippen LogP contribution is -2.40. The lowest BCUT2D eigenvalue weighted by Gasteiger charge is -2.35. The van der Waals surface area contributed by atoms with E-state index in [-0.39, 0.29) is 18.5 Å². The van der Waals surface area contributed by atoms with Crippen LogP contribution in [0.4, 0.5) is 10.1 Å². The van der Waals surface area contributed by atoms with Gasteiger partial charge >= 0.3 is 0 Å². The van der Waals surface area contributed by atoms with E-state index in [4.69, 9.17) is 4.74 Å². The van der Waals surface area contributed by atoms with Crippen LogP contribution in [0.2, 0.25) is 0 Å². The number of rotatable bonds is 5. The van der Waals surface area contributed by atoms with Crippen molar-refractivity contribution in [3.8, 4) is 0 Å². The van der Waals surface area contributed by atoms with Gasteiger partial charge in [-0.15, -0.1) is 0 Å². The molecule has 1 saturated heterocycles. The molecule has 0 saturated carbocycles. The van der Waals surface area contributed by atoms with Crippen molar-refractivity contribution in [1.29, 1.82) is 0 Å². The highest BCUT2D eigenvalue weighted by Crippen LogP contribution is 2.28. The molecule has 106 valence electrons. The van der Waals surface area contributed by atoms with Gasteiger partial charge in [0.1, 0.15) is 5.82 Å². The summed E-state index contributed by atoms with van der Waals surface area (Å²) < 4.78 is 19.8. The largest absolute Gasteiger partial charge is 0.392 e. The lowest BCUT2D eigenvalue weighted by atomic mass is 10.0. The Hall–Kier alpha value is -1.13. The fourth-order valence-corrected chi connectivity index (χ4v) is 2.60. The maximum Gasteiger partial charge on any atom is 0.146 e. The molecular formula is C15H22FNO2. The van der Waals surface area contributed by atoms with Crippen molar-refractivity contribution in [2.24, 2.45) is 0 Å². The third-order valence-electron chi connectivity index (χ3n) is 3.49. The Labute approximate surface area is 114 Å². The molecule has 0 aliphatic carbocycles. The van der Waals surface area contributed by atoms with Crippen LogP contribution in [0.5, 0.6) is 0 Å². The molecule has 0 aromatic heterocycles. The molecule has 0 spiro atoms. The summed E-state index contributed by atoms with van der Waals surface area (Å²) in [7, 11) is 0. The topological polar surface area (TPSA) is 32.7 Å². The highest BCUT2D eigenvalue weighted by atomic mass is 19.1. The van der Waals surface area contributed by atoms with Crippen LogP contribution in [0.3, 0.4) is 0 Å². The molecule has 1 aliphatic heterocycles. The van der Waals surface area contributed by atoms with Crippen molar-refractivity contribution < 1.29 is 14.2 Å². The summed E-state index contributed by atoms with van der Waals surface area (Å²) in [5.41, 5.74) is 1.19. The summed E-state index contributed by atoms with van der Waals surface area (Å²) in [5.74, 6) is -0.261. The molecule has 1 fully saturated rings. The zero-order chi connectivity index (χ0) is 13.7. The van der Waals surface area contributed by atoms with Gasteiger partial charge in [0, 0.05) is 25.3 Å². The average Bonchev–Trinajstić information content (AvgIpc) is 2.45. The molecule has 3 nitrogen and oxygen atoms in total. The summed E-state index contributed by atoms with van der Waals surface area (Å²) >= 11 is 0. The van der Waals surface area contributed by atoms with Gasteiger partial charge in [-0.05, 0) is 25.3 Å². The maximum atomic E-state index is 14.0. The van der Waals surface area contributed by atoms with E-state index in [1.807, 2.05) is 4.90 Å². The van der Waals surface area contributed by atoms with Crippen LogP contribution in [0, 0.1) is 5.82 Å². The van der Waals surface area contributed by atoms with Crippen LogP contribution in [0.25, 0.3) is 0 Å². The van der Waals surface area contributed by atoms with E-state index in [0.717, 1.165) is 32.4 Å². The Bertz CT molecular complexity index is 411. The molecule has 0 radical (unpaired) electrons. The van der Waals surface area contributed by atoms with E-state index in [9.17, 15) is 9.50 Å². The van der Waals surface area contributed by atoms with Crippen molar-refractivity contribution >= 4 is 5.69 Å². The van der Waals surface area contributed by atoms with Gasteiger partial charge in [-0.3, -0.25) is 0 Å². The first-order valence-corrected chi connectivity index (χ1v) is 7.01. The SMILES string of the molecule is CCCOC1CCCN(c2c(F)cccc2CO)C1. The van der Waals surface area contributed by atoms with Crippen molar-refractivity contribution in [3.63, 3.8) is 0 Å². The predicted molar refractivity (Wildman–Crippen MR) is 73.8 cm³/mol. The Morgan fingerprint density at radius 2 is 2.32 bits per heavy atom. The number of hydrogen-bond acceptors (Lipinski definition) is 3. The minimum absolute atomic E-state index is 0.135. The molecule has 1 aromatic rings. The number of benzene rings is 1. The highest BCUT2D eigenvalue weighted by molar-refractivity contribution is 5.55. The Morgan fingerprint density at radius 1 is 1.47 bits per heavy atom. The molecule has 1 N–H and O–H groups in total. The quantitative estimate of drug-likeness (QED) is 0.890. The first-order chi connectivity index (χ1) is 9.26. The molecule has 1 aliphatic rings. The normalized spacial score (nSPS) is 19.7. The molecule has 4 heteroatoms. The van der Waals surface area contributed by atoms with Crippen LogP contribution >= 0.6 is 0 Å².